The van der Waals surface area contributed by atoms with Crippen LogP contribution in [0.2, 0.25) is 0 Å². The number of rotatable bonds is 8. The normalized spacial score (nSPS) is 12.5. The fourth-order valence-electron chi connectivity index (χ4n) is 1.32. The van der Waals surface area contributed by atoms with Gasteiger partial charge in [0.2, 0.25) is 5.91 Å². The van der Waals surface area contributed by atoms with E-state index >= 15 is 0 Å². The summed E-state index contributed by atoms with van der Waals surface area (Å²) in [7, 11) is 0. The molecule has 0 spiro atoms. The molecular formula is C11H23NO2. The minimum absolute atomic E-state index is 0.142. The van der Waals surface area contributed by atoms with E-state index in [0.717, 1.165) is 25.7 Å². The molecule has 0 bridgehead atoms. The lowest BCUT2D eigenvalue weighted by Crippen LogP contribution is -2.29. The molecule has 0 saturated carbocycles. The van der Waals surface area contributed by atoms with Crippen LogP contribution >= 0.6 is 0 Å². The highest BCUT2D eigenvalue weighted by atomic mass is 16.3. The summed E-state index contributed by atoms with van der Waals surface area (Å²) < 4.78 is 0. The second-order valence-electron chi connectivity index (χ2n) is 3.69. The van der Waals surface area contributed by atoms with Crippen molar-refractivity contribution in [2.75, 3.05) is 13.2 Å². The standard InChI is InChI=1S/C11H23NO2/c1-3-5-6-11(14)12-9-10(4-2)7-8-13/h10,13H,3-9H2,1-2H3,(H,12,14). The van der Waals surface area contributed by atoms with Gasteiger partial charge < -0.3 is 10.4 Å². The third-order valence-corrected chi connectivity index (χ3v) is 2.46. The lowest BCUT2D eigenvalue weighted by Gasteiger charge is -2.13. The van der Waals surface area contributed by atoms with E-state index in [0.29, 0.717) is 18.9 Å². The van der Waals surface area contributed by atoms with E-state index in [4.69, 9.17) is 5.11 Å². The van der Waals surface area contributed by atoms with Gasteiger partial charge in [-0.2, -0.15) is 0 Å². The van der Waals surface area contributed by atoms with E-state index in [2.05, 4.69) is 19.2 Å². The fraction of sp³-hybridized carbons (Fsp3) is 0.909. The predicted molar refractivity (Wildman–Crippen MR) is 58.0 cm³/mol. The lowest BCUT2D eigenvalue weighted by atomic mass is 10.0. The smallest absolute Gasteiger partial charge is 0.220 e. The number of aliphatic hydroxyl groups is 1. The third kappa shape index (κ3) is 6.89. The van der Waals surface area contributed by atoms with Crippen LogP contribution in [0.5, 0.6) is 0 Å². The number of nitrogens with one attached hydrogen (secondary N) is 1. The van der Waals surface area contributed by atoms with Gasteiger partial charge in [-0.1, -0.05) is 26.7 Å². The first-order valence-corrected chi connectivity index (χ1v) is 5.62. The molecule has 0 aliphatic rings. The molecule has 0 saturated heterocycles. The quantitative estimate of drug-likeness (QED) is 0.628. The molecule has 0 aliphatic carbocycles. The van der Waals surface area contributed by atoms with E-state index in [9.17, 15) is 4.79 Å². The summed E-state index contributed by atoms with van der Waals surface area (Å²) >= 11 is 0. The highest BCUT2D eigenvalue weighted by Crippen LogP contribution is 2.05. The van der Waals surface area contributed by atoms with Gasteiger partial charge in [0.05, 0.1) is 0 Å². The van der Waals surface area contributed by atoms with Gasteiger partial charge >= 0.3 is 0 Å². The molecule has 14 heavy (non-hydrogen) atoms. The zero-order valence-corrected chi connectivity index (χ0v) is 9.38. The third-order valence-electron chi connectivity index (χ3n) is 2.46. The molecule has 0 rings (SSSR count). The van der Waals surface area contributed by atoms with Crippen molar-refractivity contribution < 1.29 is 9.90 Å². The fourth-order valence-corrected chi connectivity index (χ4v) is 1.32. The van der Waals surface area contributed by atoms with Gasteiger partial charge in [-0.15, -0.1) is 0 Å². The minimum Gasteiger partial charge on any atom is -0.396 e. The lowest BCUT2D eigenvalue weighted by molar-refractivity contribution is -0.121. The average molecular weight is 201 g/mol. The molecule has 0 aromatic carbocycles. The Labute approximate surface area is 86.9 Å². The van der Waals surface area contributed by atoms with Crippen molar-refractivity contribution in [3.05, 3.63) is 0 Å². The summed E-state index contributed by atoms with van der Waals surface area (Å²) in [6.45, 7) is 5.08. The molecule has 3 nitrogen and oxygen atoms in total. The van der Waals surface area contributed by atoms with Crippen LogP contribution in [0, 0.1) is 5.92 Å². The van der Waals surface area contributed by atoms with Crippen LogP contribution in [-0.4, -0.2) is 24.2 Å². The first-order chi connectivity index (χ1) is 6.74. The Morgan fingerprint density at radius 2 is 2.14 bits per heavy atom. The zero-order valence-electron chi connectivity index (χ0n) is 9.38. The average Bonchev–Trinajstić information content (AvgIpc) is 2.21. The molecule has 1 atom stereocenters. The molecule has 1 amide bonds. The van der Waals surface area contributed by atoms with Gasteiger partial charge in [-0.3, -0.25) is 4.79 Å². The van der Waals surface area contributed by atoms with Crippen molar-refractivity contribution >= 4 is 5.91 Å². The zero-order chi connectivity index (χ0) is 10.8. The van der Waals surface area contributed by atoms with Crippen LogP contribution in [0.25, 0.3) is 0 Å². The molecule has 0 fully saturated rings. The van der Waals surface area contributed by atoms with Gasteiger partial charge in [0.15, 0.2) is 0 Å². The van der Waals surface area contributed by atoms with Crippen molar-refractivity contribution in [1.82, 2.24) is 5.32 Å². The summed E-state index contributed by atoms with van der Waals surface area (Å²) in [6.07, 6.45) is 4.44. The monoisotopic (exact) mass is 201 g/mol. The summed E-state index contributed by atoms with van der Waals surface area (Å²) in [5.74, 6) is 0.564. The van der Waals surface area contributed by atoms with E-state index in [1.54, 1.807) is 0 Å². The van der Waals surface area contributed by atoms with Gasteiger partial charge in [0.25, 0.3) is 0 Å². The van der Waals surface area contributed by atoms with Crippen LogP contribution in [0.1, 0.15) is 46.0 Å². The SMILES string of the molecule is CCCCC(=O)NCC(CC)CCO. The van der Waals surface area contributed by atoms with Crippen LogP contribution in [0.15, 0.2) is 0 Å². The van der Waals surface area contributed by atoms with Gasteiger partial charge in [0, 0.05) is 19.6 Å². The van der Waals surface area contributed by atoms with Crippen LogP contribution in [-0.2, 0) is 4.79 Å². The molecule has 0 aromatic heterocycles. The minimum atomic E-state index is 0.142. The van der Waals surface area contributed by atoms with Crippen molar-refractivity contribution in [3.8, 4) is 0 Å². The number of amides is 1. The highest BCUT2D eigenvalue weighted by molar-refractivity contribution is 5.75. The molecule has 3 heteroatoms. The maximum atomic E-state index is 11.3. The van der Waals surface area contributed by atoms with Crippen molar-refractivity contribution in [1.29, 1.82) is 0 Å². The molecule has 2 N–H and O–H groups in total. The first kappa shape index (κ1) is 13.4. The Morgan fingerprint density at radius 3 is 2.64 bits per heavy atom. The Morgan fingerprint density at radius 1 is 1.43 bits per heavy atom. The van der Waals surface area contributed by atoms with E-state index < -0.39 is 0 Å². The second kappa shape index (κ2) is 9.00. The second-order valence-corrected chi connectivity index (χ2v) is 3.69. The Kier molecular flexibility index (Phi) is 8.64. The maximum Gasteiger partial charge on any atom is 0.220 e. The summed E-state index contributed by atoms with van der Waals surface area (Å²) in [4.78, 5) is 11.3. The highest BCUT2D eigenvalue weighted by Gasteiger charge is 2.07. The first-order valence-electron chi connectivity index (χ1n) is 5.62. The molecule has 0 heterocycles. The van der Waals surface area contributed by atoms with Crippen molar-refractivity contribution in [2.45, 2.75) is 46.0 Å². The van der Waals surface area contributed by atoms with Crippen molar-refractivity contribution in [3.63, 3.8) is 0 Å². The van der Waals surface area contributed by atoms with Crippen molar-refractivity contribution in [2.24, 2.45) is 5.92 Å². The van der Waals surface area contributed by atoms with E-state index in [-0.39, 0.29) is 12.5 Å². The summed E-state index contributed by atoms with van der Waals surface area (Å²) in [6, 6.07) is 0. The maximum absolute atomic E-state index is 11.3. The largest absolute Gasteiger partial charge is 0.396 e. The van der Waals surface area contributed by atoms with Gasteiger partial charge in [-0.25, -0.2) is 0 Å². The molecule has 84 valence electrons. The van der Waals surface area contributed by atoms with Crippen LogP contribution in [0.4, 0.5) is 0 Å². The van der Waals surface area contributed by atoms with E-state index in [1.807, 2.05) is 0 Å². The number of unbranched alkanes of at least 4 members (excludes halogenated alkanes) is 1. The number of carbonyl (C=O) groups excluding carboxylic acids is 1. The Bertz CT molecular complexity index is 148. The van der Waals surface area contributed by atoms with Gasteiger partial charge in [-0.05, 0) is 18.8 Å². The predicted octanol–water partition coefficient (Wildman–Crippen LogP) is 1.70. The Hall–Kier alpha value is -0.570. The number of hydrogen-bond acceptors (Lipinski definition) is 2. The summed E-state index contributed by atoms with van der Waals surface area (Å²) in [5, 5.41) is 11.7. The molecular weight excluding hydrogens is 178 g/mol. The topological polar surface area (TPSA) is 49.3 Å². The van der Waals surface area contributed by atoms with Gasteiger partial charge in [0.1, 0.15) is 0 Å². The molecule has 0 aliphatic heterocycles. The molecule has 0 radical (unpaired) electrons. The molecule has 0 aromatic rings. The van der Waals surface area contributed by atoms with Crippen LogP contribution < -0.4 is 5.32 Å². The molecule has 1 unspecified atom stereocenters. The number of carbonyl (C=O) groups is 1. The van der Waals surface area contributed by atoms with Crippen LogP contribution in [0.3, 0.4) is 0 Å². The number of hydrogen-bond donors (Lipinski definition) is 2. The van der Waals surface area contributed by atoms with E-state index in [1.165, 1.54) is 0 Å². The summed E-state index contributed by atoms with van der Waals surface area (Å²) in [5.41, 5.74) is 0. The Balaban J connectivity index is 3.52. The number of aliphatic hydroxyl groups excluding tert-OH is 1.